The van der Waals surface area contributed by atoms with Crippen molar-refractivity contribution in [3.8, 4) is 0 Å². The van der Waals surface area contributed by atoms with Gasteiger partial charge in [0.1, 0.15) is 0 Å². The van der Waals surface area contributed by atoms with E-state index in [4.69, 9.17) is 5.73 Å². The summed E-state index contributed by atoms with van der Waals surface area (Å²) in [5, 5.41) is 0.852. The monoisotopic (exact) mass is 173 g/mol. The molecule has 3 atom stereocenters. The van der Waals surface area contributed by atoms with Crippen molar-refractivity contribution in [1.82, 2.24) is 0 Å². The minimum Gasteiger partial charge on any atom is -0.327 e. The molecule has 0 radical (unpaired) electrons. The summed E-state index contributed by atoms with van der Waals surface area (Å²) in [6.07, 6.45) is 3.87. The zero-order valence-corrected chi connectivity index (χ0v) is 8.36. The Morgan fingerprint density at radius 2 is 2.18 bits per heavy atom. The molecule has 2 heteroatoms. The smallest absolute Gasteiger partial charge is 0.00880 e. The molecule has 0 spiro atoms. The summed E-state index contributed by atoms with van der Waals surface area (Å²) >= 11 is 2.12. The van der Waals surface area contributed by atoms with Crippen LogP contribution in [0, 0.1) is 5.92 Å². The molecule has 0 amide bonds. The van der Waals surface area contributed by atoms with Crippen molar-refractivity contribution in [1.29, 1.82) is 0 Å². The Morgan fingerprint density at radius 3 is 2.64 bits per heavy atom. The summed E-state index contributed by atoms with van der Waals surface area (Å²) in [4.78, 5) is 0. The number of hydrogen-bond acceptors (Lipinski definition) is 2. The summed E-state index contributed by atoms with van der Waals surface area (Å²) < 4.78 is 0. The number of rotatable bonds is 3. The van der Waals surface area contributed by atoms with E-state index in [-0.39, 0.29) is 0 Å². The van der Waals surface area contributed by atoms with E-state index in [0.29, 0.717) is 6.04 Å². The fourth-order valence-corrected chi connectivity index (χ4v) is 3.01. The van der Waals surface area contributed by atoms with Gasteiger partial charge in [0.05, 0.1) is 0 Å². The maximum atomic E-state index is 5.93. The van der Waals surface area contributed by atoms with Gasteiger partial charge in [-0.05, 0) is 30.9 Å². The first-order valence-corrected chi connectivity index (χ1v) is 5.67. The van der Waals surface area contributed by atoms with E-state index in [1.165, 1.54) is 25.0 Å². The maximum absolute atomic E-state index is 5.93. The molecule has 0 heterocycles. The summed E-state index contributed by atoms with van der Waals surface area (Å²) in [7, 11) is 0. The van der Waals surface area contributed by atoms with Crippen molar-refractivity contribution in [3.63, 3.8) is 0 Å². The van der Waals surface area contributed by atoms with Crippen LogP contribution in [0.4, 0.5) is 0 Å². The van der Waals surface area contributed by atoms with Crippen LogP contribution >= 0.6 is 11.8 Å². The summed E-state index contributed by atoms with van der Waals surface area (Å²) in [5.74, 6) is 2.05. The Balaban J connectivity index is 2.24. The molecular weight excluding hydrogens is 154 g/mol. The molecular formula is C9H19NS. The Labute approximate surface area is 74.1 Å². The first-order valence-electron chi connectivity index (χ1n) is 4.63. The van der Waals surface area contributed by atoms with Gasteiger partial charge in [-0.15, -0.1) is 0 Å². The summed E-state index contributed by atoms with van der Waals surface area (Å²) in [6.45, 7) is 4.54. The summed E-state index contributed by atoms with van der Waals surface area (Å²) in [5.41, 5.74) is 5.93. The largest absolute Gasteiger partial charge is 0.327 e. The zero-order valence-electron chi connectivity index (χ0n) is 7.55. The van der Waals surface area contributed by atoms with Crippen LogP contribution in [0.5, 0.6) is 0 Å². The third-order valence-electron chi connectivity index (χ3n) is 2.58. The molecule has 0 aromatic carbocycles. The molecule has 0 aromatic heterocycles. The topological polar surface area (TPSA) is 26.0 Å². The Morgan fingerprint density at radius 1 is 1.45 bits per heavy atom. The lowest BCUT2D eigenvalue weighted by atomic mass is 10.1. The van der Waals surface area contributed by atoms with Gasteiger partial charge in [-0.2, -0.15) is 11.8 Å². The van der Waals surface area contributed by atoms with E-state index in [2.05, 4.69) is 25.6 Å². The fourth-order valence-electron chi connectivity index (χ4n) is 1.66. The van der Waals surface area contributed by atoms with Gasteiger partial charge in [-0.1, -0.05) is 13.8 Å². The van der Waals surface area contributed by atoms with E-state index in [0.717, 1.165) is 11.2 Å². The SMILES string of the molecule is CCCSC1CCC(N)C1C. The lowest BCUT2D eigenvalue weighted by molar-refractivity contribution is 0.535. The van der Waals surface area contributed by atoms with Crippen LogP contribution in [0.2, 0.25) is 0 Å². The maximum Gasteiger partial charge on any atom is 0.00880 e. The molecule has 1 aliphatic carbocycles. The molecule has 2 N–H and O–H groups in total. The van der Waals surface area contributed by atoms with Crippen LogP contribution in [0.1, 0.15) is 33.1 Å². The van der Waals surface area contributed by atoms with Crippen LogP contribution < -0.4 is 5.73 Å². The van der Waals surface area contributed by atoms with Gasteiger partial charge in [0, 0.05) is 11.3 Å². The van der Waals surface area contributed by atoms with Crippen LogP contribution in [-0.2, 0) is 0 Å². The number of hydrogen-bond donors (Lipinski definition) is 1. The van der Waals surface area contributed by atoms with Gasteiger partial charge in [0.15, 0.2) is 0 Å². The molecule has 1 saturated carbocycles. The molecule has 1 fully saturated rings. The first-order chi connectivity index (χ1) is 5.25. The second-order valence-corrected chi connectivity index (χ2v) is 4.86. The molecule has 11 heavy (non-hydrogen) atoms. The van der Waals surface area contributed by atoms with Gasteiger partial charge in [-0.25, -0.2) is 0 Å². The Hall–Kier alpha value is 0.310. The molecule has 3 unspecified atom stereocenters. The lowest BCUT2D eigenvalue weighted by Gasteiger charge is -2.16. The van der Waals surface area contributed by atoms with Crippen molar-refractivity contribution in [2.45, 2.75) is 44.4 Å². The highest BCUT2D eigenvalue weighted by atomic mass is 32.2. The second kappa shape index (κ2) is 4.36. The predicted octanol–water partition coefficient (Wildman–Crippen LogP) is 2.26. The molecule has 0 aliphatic heterocycles. The number of thioether (sulfide) groups is 1. The van der Waals surface area contributed by atoms with Gasteiger partial charge in [0.25, 0.3) is 0 Å². The zero-order chi connectivity index (χ0) is 8.27. The standard InChI is InChI=1S/C9H19NS/c1-3-6-11-9-5-4-8(10)7(9)2/h7-9H,3-6,10H2,1-2H3. The van der Waals surface area contributed by atoms with E-state index >= 15 is 0 Å². The third-order valence-corrected chi connectivity index (χ3v) is 4.32. The van der Waals surface area contributed by atoms with Crippen molar-refractivity contribution in [3.05, 3.63) is 0 Å². The van der Waals surface area contributed by atoms with E-state index in [1.807, 2.05) is 0 Å². The average molecular weight is 173 g/mol. The van der Waals surface area contributed by atoms with Crippen LogP contribution in [0.25, 0.3) is 0 Å². The van der Waals surface area contributed by atoms with Crippen LogP contribution in [-0.4, -0.2) is 17.0 Å². The third kappa shape index (κ3) is 2.38. The normalized spacial score (nSPS) is 37.9. The van der Waals surface area contributed by atoms with Crippen molar-refractivity contribution < 1.29 is 0 Å². The highest BCUT2D eigenvalue weighted by Gasteiger charge is 2.29. The van der Waals surface area contributed by atoms with Crippen LogP contribution in [0.15, 0.2) is 0 Å². The van der Waals surface area contributed by atoms with Crippen molar-refractivity contribution in [2.75, 3.05) is 5.75 Å². The summed E-state index contributed by atoms with van der Waals surface area (Å²) in [6, 6.07) is 0.476. The highest BCUT2D eigenvalue weighted by Crippen LogP contribution is 2.34. The second-order valence-electron chi connectivity index (χ2n) is 3.51. The van der Waals surface area contributed by atoms with Gasteiger partial charge < -0.3 is 5.73 Å². The lowest BCUT2D eigenvalue weighted by Crippen LogP contribution is -2.26. The fraction of sp³-hybridized carbons (Fsp3) is 1.00. The molecule has 0 saturated heterocycles. The molecule has 66 valence electrons. The Bertz CT molecular complexity index is 116. The molecule has 0 bridgehead atoms. The molecule has 1 rings (SSSR count). The number of nitrogens with two attached hydrogens (primary N) is 1. The quantitative estimate of drug-likeness (QED) is 0.708. The Kier molecular flexibility index (Phi) is 3.73. The average Bonchev–Trinajstić information content (AvgIpc) is 2.31. The predicted molar refractivity (Wildman–Crippen MR) is 52.9 cm³/mol. The van der Waals surface area contributed by atoms with Gasteiger partial charge >= 0.3 is 0 Å². The van der Waals surface area contributed by atoms with Gasteiger partial charge in [-0.3, -0.25) is 0 Å². The minimum atomic E-state index is 0.476. The van der Waals surface area contributed by atoms with Crippen molar-refractivity contribution in [2.24, 2.45) is 11.7 Å². The van der Waals surface area contributed by atoms with Crippen LogP contribution in [0.3, 0.4) is 0 Å². The van der Waals surface area contributed by atoms with E-state index in [1.54, 1.807) is 0 Å². The van der Waals surface area contributed by atoms with Crippen molar-refractivity contribution >= 4 is 11.8 Å². The molecule has 1 aliphatic rings. The van der Waals surface area contributed by atoms with E-state index < -0.39 is 0 Å². The van der Waals surface area contributed by atoms with E-state index in [9.17, 15) is 0 Å². The van der Waals surface area contributed by atoms with Gasteiger partial charge in [0.2, 0.25) is 0 Å². The minimum absolute atomic E-state index is 0.476. The first kappa shape index (κ1) is 9.40. The molecule has 0 aromatic rings. The highest BCUT2D eigenvalue weighted by molar-refractivity contribution is 7.99. The molecule has 1 nitrogen and oxygen atoms in total.